The molecule has 0 atom stereocenters. The molecule has 0 aliphatic rings. The van der Waals surface area contributed by atoms with Crippen molar-refractivity contribution in [1.29, 1.82) is 0 Å². The second-order valence-corrected chi connectivity index (χ2v) is 4.95. The number of ether oxygens (including phenoxy) is 1. The highest BCUT2D eigenvalue weighted by atomic mass is 32.2. The van der Waals surface area contributed by atoms with Crippen molar-refractivity contribution < 1.29 is 18.3 Å². The maximum Gasteiger partial charge on any atom is 0.251 e. The summed E-state index contributed by atoms with van der Waals surface area (Å²) in [6.07, 6.45) is -0.248. The van der Waals surface area contributed by atoms with E-state index in [-0.39, 0.29) is 0 Å². The molecule has 6 heteroatoms. The Bertz CT molecular complexity index is 272. The molecular weight excluding hydrogens is 182 g/mol. The van der Waals surface area contributed by atoms with Crippen LogP contribution >= 0.6 is 0 Å². The Morgan fingerprint density at radius 2 is 1.83 bits per heavy atom. The van der Waals surface area contributed by atoms with Gasteiger partial charge in [-0.1, -0.05) is 20.8 Å². The summed E-state index contributed by atoms with van der Waals surface area (Å²) in [5.41, 5.74) is -0.717. The van der Waals surface area contributed by atoms with Crippen LogP contribution in [0.15, 0.2) is 4.40 Å². The van der Waals surface area contributed by atoms with E-state index in [1.165, 1.54) is 0 Å². The van der Waals surface area contributed by atoms with Gasteiger partial charge >= 0.3 is 0 Å². The van der Waals surface area contributed by atoms with E-state index in [0.29, 0.717) is 0 Å². The van der Waals surface area contributed by atoms with E-state index < -0.39 is 21.7 Å². The van der Waals surface area contributed by atoms with E-state index in [9.17, 15) is 13.5 Å². The van der Waals surface area contributed by atoms with Gasteiger partial charge in [-0.15, -0.1) is 4.40 Å². The van der Waals surface area contributed by atoms with Gasteiger partial charge in [0.2, 0.25) is 0 Å². The van der Waals surface area contributed by atoms with Crippen molar-refractivity contribution in [2.75, 3.05) is 6.26 Å². The maximum absolute atomic E-state index is 10.7. The van der Waals surface area contributed by atoms with Crippen LogP contribution < -0.4 is 5.11 Å². The molecule has 0 fully saturated rings. The highest BCUT2D eigenvalue weighted by Crippen LogP contribution is 2.06. The molecule has 72 valence electrons. The van der Waals surface area contributed by atoms with Gasteiger partial charge in [0.05, 0.1) is 6.26 Å². The molecule has 5 nitrogen and oxygen atoms in total. The zero-order chi connectivity index (χ0) is 9.99. The van der Waals surface area contributed by atoms with E-state index in [1.54, 1.807) is 20.8 Å². The Balaban J connectivity index is 4.44. The molecule has 0 spiro atoms. The zero-order valence-corrected chi connectivity index (χ0v) is 8.30. The number of hydrogen-bond acceptors (Lipinski definition) is 4. The third kappa shape index (κ3) is 7.33. The summed E-state index contributed by atoms with van der Waals surface area (Å²) >= 11 is 0. The van der Waals surface area contributed by atoms with Crippen LogP contribution in [0.4, 0.5) is 0 Å². The van der Waals surface area contributed by atoms with Crippen molar-refractivity contribution in [3.63, 3.8) is 0 Å². The van der Waals surface area contributed by atoms with Gasteiger partial charge in [0.1, 0.15) is 0 Å². The van der Waals surface area contributed by atoms with Crippen molar-refractivity contribution in [2.24, 2.45) is 4.40 Å². The molecular formula is C6H12NO4S-. The summed E-state index contributed by atoms with van der Waals surface area (Å²) in [6, 6.07) is 0. The maximum atomic E-state index is 10.7. The Labute approximate surface area is 72.1 Å². The highest BCUT2D eigenvalue weighted by Gasteiger charge is 2.05. The molecule has 0 unspecified atom stereocenters. The summed E-state index contributed by atoms with van der Waals surface area (Å²) in [7, 11) is -3.65. The molecule has 0 aromatic rings. The lowest BCUT2D eigenvalue weighted by atomic mass is 10.2. The standard InChI is InChI=1S/C6H13NO4S/c1-6(2,3)11-5(8)7-12(4,9)10/h1-4H3,(H,7,8)/p-1. The first kappa shape index (κ1) is 11.2. The first-order chi connectivity index (χ1) is 5.10. The molecule has 0 bridgehead atoms. The average molecular weight is 194 g/mol. The van der Waals surface area contributed by atoms with Crippen LogP contribution in [-0.4, -0.2) is 26.4 Å². The molecule has 0 aromatic heterocycles. The number of sulfonamides is 1. The Morgan fingerprint density at radius 3 is 2.08 bits per heavy atom. The number of hydrogen-bond donors (Lipinski definition) is 0. The quantitative estimate of drug-likeness (QED) is 0.415. The van der Waals surface area contributed by atoms with Gasteiger partial charge in [-0.25, -0.2) is 8.42 Å². The SMILES string of the molecule is CC(C)(C)OC([O-])=NS(C)(=O)=O. The molecule has 0 saturated heterocycles. The second-order valence-electron chi connectivity index (χ2n) is 3.30. The fourth-order valence-electron chi connectivity index (χ4n) is 0.416. The van der Waals surface area contributed by atoms with Gasteiger partial charge in [0.15, 0.2) is 6.08 Å². The Morgan fingerprint density at radius 1 is 1.42 bits per heavy atom. The van der Waals surface area contributed by atoms with Crippen LogP contribution in [0.1, 0.15) is 20.8 Å². The van der Waals surface area contributed by atoms with Crippen molar-refractivity contribution in [3.05, 3.63) is 0 Å². The lowest BCUT2D eigenvalue weighted by molar-refractivity contribution is -0.259. The summed E-state index contributed by atoms with van der Waals surface area (Å²) in [4.78, 5) is 0. The fourth-order valence-corrected chi connectivity index (χ4v) is 0.724. The molecule has 0 aliphatic heterocycles. The third-order valence-corrected chi connectivity index (χ3v) is 1.11. The van der Waals surface area contributed by atoms with E-state index in [1.807, 2.05) is 0 Å². The van der Waals surface area contributed by atoms with E-state index in [0.717, 1.165) is 6.26 Å². The molecule has 0 rings (SSSR count). The monoisotopic (exact) mass is 194 g/mol. The smallest absolute Gasteiger partial charge is 0.251 e. The minimum absolute atomic E-state index is 0.717. The van der Waals surface area contributed by atoms with Crippen LogP contribution in [0, 0.1) is 0 Å². The largest absolute Gasteiger partial charge is 0.594 e. The third-order valence-electron chi connectivity index (χ3n) is 0.634. The van der Waals surface area contributed by atoms with Crippen molar-refractivity contribution >= 4 is 16.1 Å². The van der Waals surface area contributed by atoms with Crippen LogP contribution in [0.25, 0.3) is 0 Å². The van der Waals surface area contributed by atoms with E-state index in [4.69, 9.17) is 0 Å². The summed E-state index contributed by atoms with van der Waals surface area (Å²) in [5, 5.41) is 10.7. The van der Waals surface area contributed by atoms with Gasteiger partial charge in [-0.2, -0.15) is 0 Å². The Hall–Kier alpha value is -0.780. The van der Waals surface area contributed by atoms with Crippen molar-refractivity contribution in [2.45, 2.75) is 26.4 Å². The Kier molecular flexibility index (Phi) is 3.09. The average Bonchev–Trinajstić information content (AvgIpc) is 1.49. The zero-order valence-electron chi connectivity index (χ0n) is 7.49. The first-order valence-corrected chi connectivity index (χ1v) is 5.11. The van der Waals surface area contributed by atoms with Gasteiger partial charge in [0.25, 0.3) is 10.0 Å². The van der Waals surface area contributed by atoms with Crippen molar-refractivity contribution in [3.8, 4) is 0 Å². The van der Waals surface area contributed by atoms with E-state index >= 15 is 0 Å². The highest BCUT2D eigenvalue weighted by molar-refractivity contribution is 7.89. The molecule has 0 aromatic carbocycles. The lowest BCUT2D eigenvalue weighted by Crippen LogP contribution is -2.32. The molecule has 0 radical (unpaired) electrons. The normalized spacial score (nSPS) is 14.5. The predicted octanol–water partition coefficient (Wildman–Crippen LogP) is -0.523. The molecule has 12 heavy (non-hydrogen) atoms. The van der Waals surface area contributed by atoms with Crippen LogP contribution in [0.2, 0.25) is 0 Å². The minimum atomic E-state index is -3.65. The molecule has 0 heterocycles. The lowest BCUT2D eigenvalue weighted by Gasteiger charge is -2.28. The minimum Gasteiger partial charge on any atom is -0.594 e. The number of rotatable bonds is 1. The van der Waals surface area contributed by atoms with Gasteiger partial charge in [0, 0.05) is 5.60 Å². The second kappa shape index (κ2) is 3.30. The van der Waals surface area contributed by atoms with Gasteiger partial charge in [-0.3, -0.25) is 0 Å². The molecule has 0 aliphatic carbocycles. The summed E-state index contributed by atoms with van der Waals surface area (Å²) in [6.45, 7) is 4.88. The van der Waals surface area contributed by atoms with Gasteiger partial charge < -0.3 is 9.84 Å². The topological polar surface area (TPSA) is 78.8 Å². The van der Waals surface area contributed by atoms with Crippen LogP contribution in [0.5, 0.6) is 0 Å². The summed E-state index contributed by atoms with van der Waals surface area (Å²) in [5.74, 6) is 0. The van der Waals surface area contributed by atoms with Gasteiger partial charge in [-0.05, 0) is 0 Å². The predicted molar refractivity (Wildman–Crippen MR) is 43.1 cm³/mol. The van der Waals surface area contributed by atoms with Crippen LogP contribution in [-0.2, 0) is 14.8 Å². The number of nitrogens with zero attached hydrogens (tertiary/aromatic N) is 1. The molecule has 0 saturated carbocycles. The van der Waals surface area contributed by atoms with E-state index in [2.05, 4.69) is 9.13 Å². The molecule has 0 N–H and O–H groups in total. The fraction of sp³-hybridized carbons (Fsp3) is 0.833. The summed E-state index contributed by atoms with van der Waals surface area (Å²) < 4.78 is 28.4. The van der Waals surface area contributed by atoms with Crippen molar-refractivity contribution in [1.82, 2.24) is 0 Å². The molecule has 0 amide bonds. The first-order valence-electron chi connectivity index (χ1n) is 3.26. The van der Waals surface area contributed by atoms with Crippen LogP contribution in [0.3, 0.4) is 0 Å².